The summed E-state index contributed by atoms with van der Waals surface area (Å²) in [6.45, 7) is 6.61. The predicted molar refractivity (Wildman–Crippen MR) is 85.8 cm³/mol. The predicted octanol–water partition coefficient (Wildman–Crippen LogP) is 4.43. The maximum atomic E-state index is 11.3. The molecule has 0 saturated heterocycles. The van der Waals surface area contributed by atoms with Crippen molar-refractivity contribution in [2.24, 2.45) is 0 Å². The van der Waals surface area contributed by atoms with Crippen LogP contribution in [0.1, 0.15) is 50.7 Å². The number of aryl methyl sites for hydroxylation is 1. The standard InChI is InChI=1S/C16H26N2O3/c1-5-7-14(8-6-2)17-15-9-12(3)13(11-21-4)10-16(15)18(19)20/h9-10,14,17H,5-8,11H2,1-4H3. The fraction of sp³-hybridized carbons (Fsp3) is 0.625. The summed E-state index contributed by atoms with van der Waals surface area (Å²) < 4.78 is 5.10. The van der Waals surface area contributed by atoms with Crippen LogP contribution in [0.5, 0.6) is 0 Å². The molecule has 0 aliphatic heterocycles. The third-order valence-corrected chi connectivity index (χ3v) is 3.58. The first-order valence-electron chi connectivity index (χ1n) is 7.56. The Balaban J connectivity index is 3.09. The molecule has 0 aliphatic carbocycles. The maximum Gasteiger partial charge on any atom is 0.292 e. The van der Waals surface area contributed by atoms with E-state index in [0.29, 0.717) is 12.3 Å². The number of nitro groups is 1. The molecule has 0 spiro atoms. The average molecular weight is 294 g/mol. The Morgan fingerprint density at radius 2 is 1.90 bits per heavy atom. The lowest BCUT2D eigenvalue weighted by molar-refractivity contribution is -0.384. The highest BCUT2D eigenvalue weighted by molar-refractivity contribution is 5.65. The van der Waals surface area contributed by atoms with Crippen LogP contribution in [0.25, 0.3) is 0 Å². The van der Waals surface area contributed by atoms with Gasteiger partial charge in [0, 0.05) is 19.2 Å². The molecule has 0 fully saturated rings. The van der Waals surface area contributed by atoms with Crippen LogP contribution in [-0.2, 0) is 11.3 Å². The van der Waals surface area contributed by atoms with Gasteiger partial charge in [-0.15, -0.1) is 0 Å². The van der Waals surface area contributed by atoms with Gasteiger partial charge in [-0.25, -0.2) is 0 Å². The van der Waals surface area contributed by atoms with E-state index in [0.717, 1.165) is 36.8 Å². The lowest BCUT2D eigenvalue weighted by atomic mass is 10.0. The van der Waals surface area contributed by atoms with Crippen molar-refractivity contribution in [1.29, 1.82) is 0 Å². The molecule has 5 heteroatoms. The fourth-order valence-electron chi connectivity index (χ4n) is 2.52. The van der Waals surface area contributed by atoms with Gasteiger partial charge in [-0.3, -0.25) is 10.1 Å². The van der Waals surface area contributed by atoms with Crippen molar-refractivity contribution >= 4 is 11.4 Å². The Bertz CT molecular complexity index is 469. The van der Waals surface area contributed by atoms with Crippen LogP contribution in [-0.4, -0.2) is 18.1 Å². The summed E-state index contributed by atoms with van der Waals surface area (Å²) in [5.74, 6) is 0. The van der Waals surface area contributed by atoms with Crippen LogP contribution < -0.4 is 5.32 Å². The van der Waals surface area contributed by atoms with Crippen molar-refractivity contribution in [2.75, 3.05) is 12.4 Å². The second-order valence-electron chi connectivity index (χ2n) is 5.40. The normalized spacial score (nSPS) is 10.9. The average Bonchev–Trinajstić information content (AvgIpc) is 2.42. The quantitative estimate of drug-likeness (QED) is 0.540. The van der Waals surface area contributed by atoms with E-state index in [2.05, 4.69) is 19.2 Å². The van der Waals surface area contributed by atoms with Crippen molar-refractivity contribution in [3.8, 4) is 0 Å². The molecule has 0 atom stereocenters. The Morgan fingerprint density at radius 3 is 2.38 bits per heavy atom. The molecule has 0 saturated carbocycles. The third kappa shape index (κ3) is 5.01. The number of hydrogen-bond donors (Lipinski definition) is 1. The molecule has 0 bridgehead atoms. The number of methoxy groups -OCH3 is 1. The van der Waals surface area contributed by atoms with Crippen LogP contribution in [0.3, 0.4) is 0 Å². The van der Waals surface area contributed by atoms with Gasteiger partial charge in [0.25, 0.3) is 5.69 Å². The van der Waals surface area contributed by atoms with E-state index in [1.807, 2.05) is 13.0 Å². The first-order valence-corrected chi connectivity index (χ1v) is 7.56. The van der Waals surface area contributed by atoms with Crippen molar-refractivity contribution in [3.63, 3.8) is 0 Å². The van der Waals surface area contributed by atoms with Gasteiger partial charge in [-0.1, -0.05) is 26.7 Å². The molecule has 1 rings (SSSR count). The van der Waals surface area contributed by atoms with Gasteiger partial charge in [0.1, 0.15) is 5.69 Å². The van der Waals surface area contributed by atoms with Crippen LogP contribution in [0.15, 0.2) is 12.1 Å². The topological polar surface area (TPSA) is 64.4 Å². The van der Waals surface area contributed by atoms with Gasteiger partial charge in [0.05, 0.1) is 11.5 Å². The highest BCUT2D eigenvalue weighted by Gasteiger charge is 2.19. The molecule has 0 unspecified atom stereocenters. The molecule has 1 aromatic rings. The molecular weight excluding hydrogens is 268 g/mol. The van der Waals surface area contributed by atoms with Crippen molar-refractivity contribution in [1.82, 2.24) is 0 Å². The van der Waals surface area contributed by atoms with E-state index in [1.165, 1.54) is 0 Å². The zero-order valence-electron chi connectivity index (χ0n) is 13.4. The fourth-order valence-corrected chi connectivity index (χ4v) is 2.52. The van der Waals surface area contributed by atoms with Gasteiger partial charge in [0.2, 0.25) is 0 Å². The van der Waals surface area contributed by atoms with Crippen LogP contribution >= 0.6 is 0 Å². The largest absolute Gasteiger partial charge is 0.380 e. The molecule has 1 aromatic carbocycles. The molecule has 0 amide bonds. The monoisotopic (exact) mass is 294 g/mol. The smallest absolute Gasteiger partial charge is 0.292 e. The molecule has 0 aliphatic rings. The maximum absolute atomic E-state index is 11.3. The summed E-state index contributed by atoms with van der Waals surface area (Å²) in [6.07, 6.45) is 4.16. The number of anilines is 1. The number of ether oxygens (including phenoxy) is 1. The SMILES string of the molecule is CCCC(CCC)Nc1cc(C)c(COC)cc1[N+](=O)[O-]. The van der Waals surface area contributed by atoms with E-state index in [9.17, 15) is 10.1 Å². The van der Waals surface area contributed by atoms with Gasteiger partial charge < -0.3 is 10.1 Å². The summed E-state index contributed by atoms with van der Waals surface area (Å²) in [5, 5.41) is 14.7. The number of nitrogens with one attached hydrogen (secondary N) is 1. The zero-order chi connectivity index (χ0) is 15.8. The van der Waals surface area contributed by atoms with Crippen molar-refractivity contribution in [3.05, 3.63) is 33.4 Å². The Hall–Kier alpha value is -1.62. The number of rotatable bonds is 9. The van der Waals surface area contributed by atoms with Gasteiger partial charge in [-0.05, 0) is 37.0 Å². The van der Waals surface area contributed by atoms with E-state index in [1.54, 1.807) is 13.2 Å². The summed E-state index contributed by atoms with van der Waals surface area (Å²) in [7, 11) is 1.59. The van der Waals surface area contributed by atoms with Crippen molar-refractivity contribution in [2.45, 2.75) is 59.1 Å². The number of nitro benzene ring substituents is 1. The Labute approximate surface area is 126 Å². The Morgan fingerprint density at radius 1 is 1.29 bits per heavy atom. The van der Waals surface area contributed by atoms with Gasteiger partial charge in [0.15, 0.2) is 0 Å². The third-order valence-electron chi connectivity index (χ3n) is 3.58. The number of hydrogen-bond acceptors (Lipinski definition) is 4. The second-order valence-corrected chi connectivity index (χ2v) is 5.40. The van der Waals surface area contributed by atoms with Crippen LogP contribution in [0.4, 0.5) is 11.4 Å². The minimum absolute atomic E-state index is 0.129. The first-order chi connectivity index (χ1) is 10.0. The Kier molecular flexibility index (Phi) is 7.15. The highest BCUT2D eigenvalue weighted by atomic mass is 16.6. The van der Waals surface area contributed by atoms with Crippen LogP contribution in [0.2, 0.25) is 0 Å². The van der Waals surface area contributed by atoms with E-state index in [-0.39, 0.29) is 16.7 Å². The molecule has 5 nitrogen and oxygen atoms in total. The number of nitrogens with zero attached hydrogens (tertiary/aromatic N) is 1. The van der Waals surface area contributed by atoms with Gasteiger partial charge >= 0.3 is 0 Å². The zero-order valence-corrected chi connectivity index (χ0v) is 13.4. The molecular formula is C16H26N2O3. The van der Waals surface area contributed by atoms with E-state index in [4.69, 9.17) is 4.74 Å². The highest BCUT2D eigenvalue weighted by Crippen LogP contribution is 2.30. The minimum Gasteiger partial charge on any atom is -0.380 e. The van der Waals surface area contributed by atoms with E-state index < -0.39 is 0 Å². The molecule has 0 heterocycles. The molecule has 0 aromatic heterocycles. The summed E-state index contributed by atoms with van der Waals surface area (Å²) in [4.78, 5) is 11.0. The van der Waals surface area contributed by atoms with E-state index >= 15 is 0 Å². The minimum atomic E-state index is -0.324. The lowest BCUT2D eigenvalue weighted by Crippen LogP contribution is -2.20. The van der Waals surface area contributed by atoms with Gasteiger partial charge in [-0.2, -0.15) is 0 Å². The lowest BCUT2D eigenvalue weighted by Gasteiger charge is -2.19. The second kappa shape index (κ2) is 8.62. The van der Waals surface area contributed by atoms with Crippen LogP contribution in [0, 0.1) is 17.0 Å². The first kappa shape index (κ1) is 17.4. The summed E-state index contributed by atoms with van der Waals surface area (Å²) >= 11 is 0. The molecule has 0 radical (unpaired) electrons. The van der Waals surface area contributed by atoms with Crippen molar-refractivity contribution < 1.29 is 9.66 Å². The summed E-state index contributed by atoms with van der Waals surface area (Å²) in [6, 6.07) is 3.77. The molecule has 118 valence electrons. The number of benzene rings is 1. The molecule has 1 N–H and O–H groups in total. The molecule has 21 heavy (non-hydrogen) atoms. The summed E-state index contributed by atoms with van der Waals surface area (Å²) in [5.41, 5.74) is 2.61.